The number of carbonyl (C=O) groups excluding carboxylic acids is 2. The Bertz CT molecular complexity index is 1260. The summed E-state index contributed by atoms with van der Waals surface area (Å²) in [6.07, 6.45) is 3.23. The molecule has 1 N–H and O–H groups in total. The maximum atomic E-state index is 13.1. The first-order chi connectivity index (χ1) is 15.1. The van der Waals surface area contributed by atoms with Crippen molar-refractivity contribution in [1.29, 1.82) is 0 Å². The highest BCUT2D eigenvalue weighted by Crippen LogP contribution is 2.12. The van der Waals surface area contributed by atoms with Crippen LogP contribution >= 0.6 is 11.3 Å². The summed E-state index contributed by atoms with van der Waals surface area (Å²) in [7, 11) is 0. The van der Waals surface area contributed by atoms with Gasteiger partial charge in [0.05, 0.1) is 12.8 Å². The van der Waals surface area contributed by atoms with E-state index in [-0.39, 0.29) is 24.0 Å². The van der Waals surface area contributed by atoms with Gasteiger partial charge in [-0.25, -0.2) is 4.39 Å². The van der Waals surface area contributed by atoms with Crippen molar-refractivity contribution in [2.75, 3.05) is 0 Å². The van der Waals surface area contributed by atoms with Crippen LogP contribution in [0, 0.1) is 5.82 Å². The average Bonchev–Trinajstić information content (AvgIpc) is 3.46. The van der Waals surface area contributed by atoms with Crippen molar-refractivity contribution < 1.29 is 18.4 Å². The lowest BCUT2D eigenvalue weighted by Crippen LogP contribution is -2.25. The molecular weight excluding hydrogens is 417 g/mol. The van der Waals surface area contributed by atoms with Crippen molar-refractivity contribution in [3.8, 4) is 0 Å². The van der Waals surface area contributed by atoms with E-state index in [9.17, 15) is 14.0 Å². The van der Waals surface area contributed by atoms with Crippen LogP contribution in [0.15, 0.2) is 87.9 Å². The number of hydrogen-bond acceptors (Lipinski definition) is 4. The Balaban J connectivity index is 1.52. The maximum absolute atomic E-state index is 13.1. The highest BCUT2D eigenvalue weighted by molar-refractivity contribution is 7.07. The molecule has 0 radical (unpaired) electrons. The molecule has 0 saturated heterocycles. The summed E-state index contributed by atoms with van der Waals surface area (Å²) in [5.41, 5.74) is 2.10. The fourth-order valence-corrected chi connectivity index (χ4v) is 3.72. The molecule has 6 nitrogen and oxygen atoms in total. The van der Waals surface area contributed by atoms with Crippen LogP contribution in [0.3, 0.4) is 0 Å². The van der Waals surface area contributed by atoms with E-state index in [0.29, 0.717) is 16.9 Å². The zero-order valence-corrected chi connectivity index (χ0v) is 17.1. The number of carbonyl (C=O) groups is 2. The van der Waals surface area contributed by atoms with Crippen molar-refractivity contribution in [1.82, 2.24) is 9.88 Å². The monoisotopic (exact) mass is 435 g/mol. The number of furan rings is 1. The van der Waals surface area contributed by atoms with Crippen LogP contribution in [0.25, 0.3) is 0 Å². The number of nitrogens with zero attached hydrogens (tertiary/aromatic N) is 2. The van der Waals surface area contributed by atoms with Crippen LogP contribution in [0.1, 0.15) is 32.0 Å². The summed E-state index contributed by atoms with van der Waals surface area (Å²) in [6.45, 7) is 0.658. The first-order valence-corrected chi connectivity index (χ1v) is 10.3. The summed E-state index contributed by atoms with van der Waals surface area (Å²) < 4.78 is 20.0. The lowest BCUT2D eigenvalue weighted by atomic mass is 10.1. The molecule has 2 aromatic carbocycles. The minimum Gasteiger partial charge on any atom is -0.459 e. The van der Waals surface area contributed by atoms with Crippen molar-refractivity contribution in [2.24, 2.45) is 4.99 Å². The van der Waals surface area contributed by atoms with E-state index in [0.717, 1.165) is 11.1 Å². The van der Waals surface area contributed by atoms with Crippen LogP contribution in [0.4, 0.5) is 4.39 Å². The normalized spacial score (nSPS) is 11.5. The van der Waals surface area contributed by atoms with E-state index in [4.69, 9.17) is 4.42 Å². The van der Waals surface area contributed by atoms with Gasteiger partial charge >= 0.3 is 5.91 Å². The topological polar surface area (TPSA) is 76.6 Å². The predicted octanol–water partition coefficient (Wildman–Crippen LogP) is 4.00. The lowest BCUT2D eigenvalue weighted by molar-refractivity contribution is 0.0946. The molecule has 4 rings (SSSR count). The molecule has 2 heterocycles. The Kier molecular flexibility index (Phi) is 6.18. The first kappa shape index (κ1) is 20.5. The fraction of sp³-hybridized carbons (Fsp3) is 0.0870. The number of rotatable bonds is 6. The number of benzene rings is 2. The zero-order chi connectivity index (χ0) is 21.6. The minimum atomic E-state index is -0.466. The second-order valence-electron chi connectivity index (χ2n) is 6.67. The van der Waals surface area contributed by atoms with Gasteiger partial charge in [0.15, 0.2) is 10.6 Å². The molecule has 156 valence electrons. The van der Waals surface area contributed by atoms with Crippen molar-refractivity contribution in [3.63, 3.8) is 0 Å². The third-order valence-corrected chi connectivity index (χ3v) is 5.35. The van der Waals surface area contributed by atoms with Gasteiger partial charge < -0.3 is 14.3 Å². The number of thiazole rings is 1. The number of hydrogen-bond donors (Lipinski definition) is 1. The van der Waals surface area contributed by atoms with E-state index < -0.39 is 5.91 Å². The van der Waals surface area contributed by atoms with Gasteiger partial charge in [0.1, 0.15) is 5.82 Å². The largest absolute Gasteiger partial charge is 0.459 e. The average molecular weight is 435 g/mol. The summed E-state index contributed by atoms with van der Waals surface area (Å²) >= 11 is 1.32. The summed E-state index contributed by atoms with van der Waals surface area (Å²) in [5, 5.41) is 4.69. The summed E-state index contributed by atoms with van der Waals surface area (Å²) in [6, 6.07) is 16.4. The van der Waals surface area contributed by atoms with Gasteiger partial charge in [-0.1, -0.05) is 30.3 Å². The lowest BCUT2D eigenvalue weighted by Gasteiger charge is -2.11. The van der Waals surface area contributed by atoms with Crippen molar-refractivity contribution in [3.05, 3.63) is 112 Å². The van der Waals surface area contributed by atoms with E-state index in [2.05, 4.69) is 10.3 Å². The molecule has 0 unspecified atom stereocenters. The second-order valence-corrected chi connectivity index (χ2v) is 7.55. The molecule has 0 aliphatic rings. The Morgan fingerprint density at radius 3 is 2.65 bits per heavy atom. The smallest absolute Gasteiger partial charge is 0.315 e. The Hall–Kier alpha value is -3.78. The summed E-state index contributed by atoms with van der Waals surface area (Å²) in [4.78, 5) is 29.6. The quantitative estimate of drug-likeness (QED) is 0.497. The number of aromatic nitrogens is 1. The van der Waals surface area contributed by atoms with E-state index >= 15 is 0 Å². The molecule has 0 fully saturated rings. The Morgan fingerprint density at radius 1 is 1.06 bits per heavy atom. The Morgan fingerprint density at radius 2 is 1.87 bits per heavy atom. The van der Waals surface area contributed by atoms with E-state index in [1.165, 1.54) is 29.7 Å². The standard InChI is InChI=1S/C23H18FN3O3S/c24-18-9-7-16(8-10-18)14-25-21(28)19-5-2-1-4-17(19)15-27-11-13-31-23(27)26-22(29)20-6-3-12-30-20/h1-13H,14-15H2,(H,25,28). The van der Waals surface area contributed by atoms with Crippen LogP contribution in [-0.2, 0) is 13.1 Å². The third-order valence-electron chi connectivity index (χ3n) is 4.56. The number of amides is 2. The predicted molar refractivity (Wildman–Crippen MR) is 114 cm³/mol. The molecule has 0 aliphatic carbocycles. The molecule has 8 heteroatoms. The van der Waals surface area contributed by atoms with Crippen LogP contribution in [0.5, 0.6) is 0 Å². The van der Waals surface area contributed by atoms with Crippen molar-refractivity contribution >= 4 is 23.2 Å². The van der Waals surface area contributed by atoms with Gasteiger partial charge in [0, 0.05) is 23.7 Å². The second kappa shape index (κ2) is 9.36. The van der Waals surface area contributed by atoms with Crippen LogP contribution < -0.4 is 10.1 Å². The highest BCUT2D eigenvalue weighted by Gasteiger charge is 2.13. The van der Waals surface area contributed by atoms with Gasteiger partial charge in [-0.15, -0.1) is 11.3 Å². The SMILES string of the molecule is O=C(N=c1sccn1Cc1ccccc1C(=O)NCc1ccc(F)cc1)c1ccco1. The molecule has 0 atom stereocenters. The molecule has 0 spiro atoms. The fourth-order valence-electron chi connectivity index (χ4n) is 2.99. The van der Waals surface area contributed by atoms with E-state index in [1.807, 2.05) is 23.7 Å². The molecular formula is C23H18FN3O3S. The zero-order valence-electron chi connectivity index (χ0n) is 16.3. The number of halogens is 1. The molecule has 0 saturated carbocycles. The molecule has 31 heavy (non-hydrogen) atoms. The third kappa shape index (κ3) is 5.04. The van der Waals surface area contributed by atoms with Gasteiger partial charge in [0.2, 0.25) is 0 Å². The molecule has 0 bridgehead atoms. The summed E-state index contributed by atoms with van der Waals surface area (Å²) in [5.74, 6) is -0.854. The number of nitrogens with one attached hydrogen (secondary N) is 1. The van der Waals surface area contributed by atoms with Gasteiger partial charge in [-0.2, -0.15) is 4.99 Å². The van der Waals surface area contributed by atoms with Gasteiger partial charge in [-0.05, 0) is 41.5 Å². The van der Waals surface area contributed by atoms with E-state index in [1.54, 1.807) is 41.0 Å². The maximum Gasteiger partial charge on any atom is 0.315 e. The highest BCUT2D eigenvalue weighted by atomic mass is 32.1. The Labute approximate surface area is 181 Å². The van der Waals surface area contributed by atoms with Crippen LogP contribution in [0.2, 0.25) is 0 Å². The molecule has 0 aliphatic heterocycles. The van der Waals surface area contributed by atoms with Gasteiger partial charge in [-0.3, -0.25) is 9.59 Å². The van der Waals surface area contributed by atoms with Crippen LogP contribution in [-0.4, -0.2) is 16.4 Å². The first-order valence-electron chi connectivity index (χ1n) is 9.47. The minimum absolute atomic E-state index is 0.167. The molecule has 2 amide bonds. The van der Waals surface area contributed by atoms with Crippen molar-refractivity contribution in [2.45, 2.75) is 13.1 Å². The van der Waals surface area contributed by atoms with Gasteiger partial charge in [0.25, 0.3) is 5.91 Å². The molecule has 2 aromatic heterocycles. The molecule has 4 aromatic rings.